The second kappa shape index (κ2) is 6.93. The zero-order chi connectivity index (χ0) is 17.3. The van der Waals surface area contributed by atoms with Crippen molar-refractivity contribution in [1.29, 1.82) is 0 Å². The number of hydrogen-bond acceptors (Lipinski definition) is 5. The fourth-order valence-electron chi connectivity index (χ4n) is 2.29. The number of nitrogens with zero attached hydrogens (tertiary/aromatic N) is 2. The van der Waals surface area contributed by atoms with E-state index in [2.05, 4.69) is 4.98 Å². The number of anilines is 1. The average molecular weight is 383 g/mol. The van der Waals surface area contributed by atoms with E-state index in [9.17, 15) is 4.79 Å². The lowest BCUT2D eigenvalue weighted by molar-refractivity contribution is 0.0519. The highest BCUT2D eigenvalue weighted by Crippen LogP contribution is 2.37. The molecule has 0 radical (unpaired) electrons. The molecule has 1 aliphatic rings. The van der Waals surface area contributed by atoms with Crippen molar-refractivity contribution in [2.75, 3.05) is 11.5 Å². The van der Waals surface area contributed by atoms with Crippen LogP contribution in [0.3, 0.4) is 0 Å². The number of ether oxygens (including phenoxy) is 2. The maximum Gasteiger partial charge on any atom is 0.356 e. The van der Waals surface area contributed by atoms with Crippen LogP contribution in [0, 0.1) is 0 Å². The first-order chi connectivity index (χ1) is 11.5. The Balaban J connectivity index is 1.87. The Hall–Kier alpha value is -1.89. The molecule has 2 heterocycles. The van der Waals surface area contributed by atoms with E-state index < -0.39 is 5.97 Å². The molecule has 24 heavy (non-hydrogen) atoms. The van der Waals surface area contributed by atoms with Gasteiger partial charge in [0.05, 0.1) is 30.1 Å². The summed E-state index contributed by atoms with van der Waals surface area (Å²) in [6.07, 6.45) is 1.54. The number of aromatic nitrogens is 1. The zero-order valence-corrected chi connectivity index (χ0v) is 14.9. The molecule has 1 aliphatic heterocycles. The molecule has 0 saturated heterocycles. The highest BCUT2D eigenvalue weighted by Gasteiger charge is 2.26. The normalized spacial score (nSPS) is 13.3. The molecular weight excluding hydrogens is 371 g/mol. The van der Waals surface area contributed by atoms with Gasteiger partial charge in [-0.2, -0.15) is 0 Å². The molecule has 2 aromatic rings. The fraction of sp³-hybridized carbons (Fsp3) is 0.188. The first-order valence-electron chi connectivity index (χ1n) is 7.10. The molecule has 124 valence electrons. The number of pyridine rings is 1. The van der Waals surface area contributed by atoms with Crippen LogP contribution in [-0.4, -0.2) is 22.7 Å². The second-order valence-electron chi connectivity index (χ2n) is 4.95. The highest BCUT2D eigenvalue weighted by molar-refractivity contribution is 7.80. The number of esters is 1. The van der Waals surface area contributed by atoms with Crippen LogP contribution in [0.1, 0.15) is 23.0 Å². The molecule has 3 rings (SSSR count). The molecule has 1 aromatic heterocycles. The quantitative estimate of drug-likeness (QED) is 0.584. The van der Waals surface area contributed by atoms with Crippen LogP contribution in [0.2, 0.25) is 10.0 Å². The van der Waals surface area contributed by atoms with Gasteiger partial charge in [-0.1, -0.05) is 23.2 Å². The molecule has 1 aromatic carbocycles. The summed E-state index contributed by atoms with van der Waals surface area (Å²) in [5.74, 6) is 0.0452. The van der Waals surface area contributed by atoms with E-state index in [1.54, 1.807) is 42.3 Å². The SMILES string of the molecule is CCOC(=O)c1ccc(N2Cc3cc(Cl)cc(Cl)c3OC2=S)cn1. The molecule has 5 nitrogen and oxygen atoms in total. The minimum absolute atomic E-state index is 0.232. The molecule has 0 aliphatic carbocycles. The maximum atomic E-state index is 11.7. The Morgan fingerprint density at radius 3 is 2.88 bits per heavy atom. The number of halogens is 2. The summed E-state index contributed by atoms with van der Waals surface area (Å²) < 4.78 is 10.6. The van der Waals surface area contributed by atoms with Gasteiger partial charge in [0, 0.05) is 10.6 Å². The van der Waals surface area contributed by atoms with Crippen molar-refractivity contribution in [3.05, 3.63) is 51.8 Å². The number of carbonyl (C=O) groups is 1. The monoisotopic (exact) mass is 382 g/mol. The van der Waals surface area contributed by atoms with Crippen LogP contribution in [0.4, 0.5) is 5.69 Å². The van der Waals surface area contributed by atoms with E-state index in [0.717, 1.165) is 5.56 Å². The second-order valence-corrected chi connectivity index (χ2v) is 6.14. The Bertz CT molecular complexity index is 812. The van der Waals surface area contributed by atoms with E-state index in [-0.39, 0.29) is 10.9 Å². The average Bonchev–Trinajstić information content (AvgIpc) is 2.55. The van der Waals surface area contributed by atoms with Crippen LogP contribution < -0.4 is 9.64 Å². The number of carbonyl (C=O) groups excluding carboxylic acids is 1. The first kappa shape index (κ1) is 17.0. The molecule has 8 heteroatoms. The molecule has 0 bridgehead atoms. The van der Waals surface area contributed by atoms with Crippen molar-refractivity contribution in [2.24, 2.45) is 0 Å². The van der Waals surface area contributed by atoms with E-state index in [4.69, 9.17) is 44.9 Å². The summed E-state index contributed by atoms with van der Waals surface area (Å²) in [6, 6.07) is 6.69. The third-order valence-electron chi connectivity index (χ3n) is 3.37. The largest absolute Gasteiger partial charge is 0.461 e. The molecule has 0 atom stereocenters. The summed E-state index contributed by atoms with van der Waals surface area (Å²) in [6.45, 7) is 2.48. The Morgan fingerprint density at radius 1 is 1.42 bits per heavy atom. The van der Waals surface area contributed by atoms with Gasteiger partial charge in [0.1, 0.15) is 5.69 Å². The Labute approximate surface area is 154 Å². The van der Waals surface area contributed by atoms with Crippen molar-refractivity contribution in [1.82, 2.24) is 4.98 Å². The van der Waals surface area contributed by atoms with E-state index >= 15 is 0 Å². The predicted octanol–water partition coefficient (Wildman–Crippen LogP) is 4.25. The minimum Gasteiger partial charge on any atom is -0.461 e. The van der Waals surface area contributed by atoms with Crippen LogP contribution in [0.5, 0.6) is 5.75 Å². The third kappa shape index (κ3) is 3.31. The predicted molar refractivity (Wildman–Crippen MR) is 96.1 cm³/mol. The van der Waals surface area contributed by atoms with Crippen molar-refractivity contribution in [3.8, 4) is 5.75 Å². The summed E-state index contributed by atoms with van der Waals surface area (Å²) in [5.41, 5.74) is 1.74. The first-order valence-corrected chi connectivity index (χ1v) is 8.26. The van der Waals surface area contributed by atoms with Crippen molar-refractivity contribution in [2.45, 2.75) is 13.5 Å². The van der Waals surface area contributed by atoms with Gasteiger partial charge in [-0.15, -0.1) is 0 Å². The van der Waals surface area contributed by atoms with Gasteiger partial charge < -0.3 is 9.47 Å². The Kier molecular flexibility index (Phi) is 4.89. The lowest BCUT2D eigenvalue weighted by Crippen LogP contribution is -2.37. The van der Waals surface area contributed by atoms with Gasteiger partial charge >= 0.3 is 5.97 Å². The lowest BCUT2D eigenvalue weighted by atomic mass is 10.1. The molecule has 0 amide bonds. The van der Waals surface area contributed by atoms with Gasteiger partial charge in [-0.25, -0.2) is 9.78 Å². The molecule has 0 spiro atoms. The van der Waals surface area contributed by atoms with Gasteiger partial charge in [-0.05, 0) is 43.4 Å². The van der Waals surface area contributed by atoms with Gasteiger partial charge in [-0.3, -0.25) is 4.90 Å². The van der Waals surface area contributed by atoms with Crippen molar-refractivity contribution < 1.29 is 14.3 Å². The maximum absolute atomic E-state index is 11.7. The van der Waals surface area contributed by atoms with Gasteiger partial charge in [0.15, 0.2) is 5.75 Å². The number of rotatable bonds is 3. The molecule has 0 saturated carbocycles. The molecule has 0 unspecified atom stereocenters. The highest BCUT2D eigenvalue weighted by atomic mass is 35.5. The number of fused-ring (bicyclic) bond motifs is 1. The van der Waals surface area contributed by atoms with E-state index in [0.29, 0.717) is 34.6 Å². The summed E-state index contributed by atoms with van der Waals surface area (Å²) in [4.78, 5) is 17.5. The molecule has 0 fully saturated rings. The fourth-order valence-corrected chi connectivity index (χ4v) is 3.12. The van der Waals surface area contributed by atoms with Crippen molar-refractivity contribution >= 4 is 52.3 Å². The summed E-state index contributed by atoms with van der Waals surface area (Å²) >= 11 is 17.5. The zero-order valence-electron chi connectivity index (χ0n) is 12.6. The topological polar surface area (TPSA) is 51.7 Å². The van der Waals surface area contributed by atoms with E-state index in [1.807, 2.05) is 0 Å². The number of thiocarbonyl (C=S) groups is 1. The summed E-state index contributed by atoms with van der Waals surface area (Å²) in [5, 5.41) is 1.18. The number of benzene rings is 1. The summed E-state index contributed by atoms with van der Waals surface area (Å²) in [7, 11) is 0. The lowest BCUT2D eigenvalue weighted by Gasteiger charge is -2.30. The van der Waals surface area contributed by atoms with Crippen LogP contribution in [0.15, 0.2) is 30.5 Å². The van der Waals surface area contributed by atoms with Gasteiger partial charge in [0.2, 0.25) is 0 Å². The van der Waals surface area contributed by atoms with Crippen LogP contribution in [-0.2, 0) is 11.3 Å². The third-order valence-corrected chi connectivity index (χ3v) is 4.17. The number of hydrogen-bond donors (Lipinski definition) is 0. The minimum atomic E-state index is -0.467. The molecule has 0 N–H and O–H groups in total. The van der Waals surface area contributed by atoms with Gasteiger partial charge in [0.25, 0.3) is 5.17 Å². The standard InChI is InChI=1S/C16H12Cl2N2O3S/c1-2-22-15(21)13-4-3-11(7-19-13)20-8-9-5-10(17)6-12(18)14(9)23-16(20)24/h3-7H,2,8H2,1H3. The Morgan fingerprint density at radius 2 is 2.21 bits per heavy atom. The molecular formula is C16H12Cl2N2O3S. The van der Waals surface area contributed by atoms with Crippen molar-refractivity contribution in [3.63, 3.8) is 0 Å². The van der Waals surface area contributed by atoms with Crippen LogP contribution >= 0.6 is 35.4 Å². The smallest absolute Gasteiger partial charge is 0.356 e. The van der Waals surface area contributed by atoms with Crippen LogP contribution in [0.25, 0.3) is 0 Å². The van der Waals surface area contributed by atoms with E-state index in [1.165, 1.54) is 0 Å².